The van der Waals surface area contributed by atoms with Crippen LogP contribution in [0, 0.1) is 6.92 Å². The normalized spacial score (nSPS) is 20.4. The number of hydrogen-bond acceptors (Lipinski definition) is 3. The fourth-order valence-electron chi connectivity index (χ4n) is 2.31. The third-order valence-electron chi connectivity index (χ3n) is 3.26. The predicted molar refractivity (Wildman–Crippen MR) is 64.7 cm³/mol. The Morgan fingerprint density at radius 1 is 1.50 bits per heavy atom. The van der Waals surface area contributed by atoms with Crippen molar-refractivity contribution in [2.45, 2.75) is 26.1 Å². The highest BCUT2D eigenvalue weighted by Crippen LogP contribution is 2.25. The molecule has 1 N–H and O–H groups in total. The van der Waals surface area contributed by atoms with Crippen molar-refractivity contribution in [3.63, 3.8) is 0 Å². The summed E-state index contributed by atoms with van der Waals surface area (Å²) in [6.45, 7) is 4.23. The van der Waals surface area contributed by atoms with Crippen molar-refractivity contribution in [1.82, 2.24) is 0 Å². The highest BCUT2D eigenvalue weighted by Gasteiger charge is 2.23. The van der Waals surface area contributed by atoms with Crippen molar-refractivity contribution in [1.29, 1.82) is 0 Å². The lowest BCUT2D eigenvalue weighted by molar-refractivity contribution is 0.121. The highest BCUT2D eigenvalue weighted by atomic mass is 16.5. The summed E-state index contributed by atoms with van der Waals surface area (Å²) >= 11 is 0. The van der Waals surface area contributed by atoms with E-state index in [9.17, 15) is 0 Å². The van der Waals surface area contributed by atoms with Gasteiger partial charge in [-0.3, -0.25) is 0 Å². The molecule has 1 aliphatic heterocycles. The Labute approximate surface area is 96.6 Å². The van der Waals surface area contributed by atoms with Gasteiger partial charge in [-0.25, -0.2) is 0 Å². The Bertz CT molecular complexity index is 365. The Balaban J connectivity index is 2.15. The number of aliphatic hydroxyl groups is 1. The van der Waals surface area contributed by atoms with Crippen LogP contribution in [0.1, 0.15) is 17.5 Å². The van der Waals surface area contributed by atoms with Crippen molar-refractivity contribution in [2.24, 2.45) is 0 Å². The van der Waals surface area contributed by atoms with Crippen LogP contribution < -0.4 is 4.90 Å². The summed E-state index contributed by atoms with van der Waals surface area (Å²) in [6.07, 6.45) is 1.45. The summed E-state index contributed by atoms with van der Waals surface area (Å²) < 4.78 is 5.37. The fourth-order valence-corrected chi connectivity index (χ4v) is 2.31. The monoisotopic (exact) mass is 221 g/mol. The molecule has 3 heteroatoms. The minimum absolute atomic E-state index is 0.113. The first-order valence-electron chi connectivity index (χ1n) is 5.72. The maximum absolute atomic E-state index is 9.06. The molecule has 1 aliphatic rings. The van der Waals surface area contributed by atoms with E-state index in [-0.39, 0.29) is 6.61 Å². The summed E-state index contributed by atoms with van der Waals surface area (Å²) in [5, 5.41) is 9.06. The van der Waals surface area contributed by atoms with E-state index >= 15 is 0 Å². The Kier molecular flexibility index (Phi) is 3.46. The SMILES string of the molecule is COC1CCN(c2ccc(CO)cc2C)C1. The number of anilines is 1. The molecule has 1 fully saturated rings. The lowest BCUT2D eigenvalue weighted by Crippen LogP contribution is -2.22. The maximum atomic E-state index is 9.06. The number of hydrogen-bond donors (Lipinski definition) is 1. The van der Waals surface area contributed by atoms with E-state index in [0.717, 1.165) is 25.1 Å². The van der Waals surface area contributed by atoms with E-state index in [4.69, 9.17) is 9.84 Å². The zero-order valence-corrected chi connectivity index (χ0v) is 9.94. The van der Waals surface area contributed by atoms with Crippen LogP contribution in [-0.4, -0.2) is 31.4 Å². The minimum Gasteiger partial charge on any atom is -0.392 e. The number of benzene rings is 1. The molecule has 0 amide bonds. The van der Waals surface area contributed by atoms with Gasteiger partial charge >= 0.3 is 0 Å². The highest BCUT2D eigenvalue weighted by molar-refractivity contribution is 5.55. The molecule has 0 spiro atoms. The third kappa shape index (κ3) is 2.20. The van der Waals surface area contributed by atoms with Crippen LogP contribution in [0.2, 0.25) is 0 Å². The molecule has 0 aliphatic carbocycles. The fraction of sp³-hybridized carbons (Fsp3) is 0.538. The zero-order valence-electron chi connectivity index (χ0n) is 9.94. The number of ether oxygens (including phenoxy) is 1. The average Bonchev–Trinajstić information content (AvgIpc) is 2.77. The summed E-state index contributed by atoms with van der Waals surface area (Å²) in [6, 6.07) is 6.14. The second kappa shape index (κ2) is 4.85. The molecular weight excluding hydrogens is 202 g/mol. The smallest absolute Gasteiger partial charge is 0.0762 e. The summed E-state index contributed by atoms with van der Waals surface area (Å²) in [5.74, 6) is 0. The van der Waals surface area contributed by atoms with Crippen LogP contribution in [0.25, 0.3) is 0 Å². The standard InChI is InChI=1S/C13H19NO2/c1-10-7-11(9-15)3-4-13(10)14-6-5-12(8-14)16-2/h3-4,7,12,15H,5-6,8-9H2,1-2H3. The number of aryl methyl sites for hydroxylation is 1. The van der Waals surface area contributed by atoms with Gasteiger partial charge in [0.2, 0.25) is 0 Å². The largest absolute Gasteiger partial charge is 0.392 e. The van der Waals surface area contributed by atoms with Gasteiger partial charge in [-0.1, -0.05) is 12.1 Å². The molecule has 2 rings (SSSR count). The molecule has 1 saturated heterocycles. The van der Waals surface area contributed by atoms with Crippen molar-refractivity contribution >= 4 is 5.69 Å². The quantitative estimate of drug-likeness (QED) is 0.843. The molecule has 1 aromatic carbocycles. The second-order valence-electron chi connectivity index (χ2n) is 4.37. The molecule has 16 heavy (non-hydrogen) atoms. The van der Waals surface area contributed by atoms with Gasteiger partial charge in [0.15, 0.2) is 0 Å². The van der Waals surface area contributed by atoms with Crippen molar-refractivity contribution in [2.75, 3.05) is 25.1 Å². The minimum atomic E-state index is 0.113. The van der Waals surface area contributed by atoms with E-state index in [0.29, 0.717) is 6.10 Å². The molecule has 1 heterocycles. The van der Waals surface area contributed by atoms with Crippen LogP contribution >= 0.6 is 0 Å². The molecule has 1 atom stereocenters. The molecule has 1 aromatic rings. The Hall–Kier alpha value is -1.06. The lowest BCUT2D eigenvalue weighted by Gasteiger charge is -2.21. The maximum Gasteiger partial charge on any atom is 0.0762 e. The van der Waals surface area contributed by atoms with E-state index in [1.807, 2.05) is 6.07 Å². The predicted octanol–water partition coefficient (Wildman–Crippen LogP) is 1.71. The summed E-state index contributed by atoms with van der Waals surface area (Å²) in [4.78, 5) is 2.35. The average molecular weight is 221 g/mol. The third-order valence-corrected chi connectivity index (χ3v) is 3.26. The molecule has 88 valence electrons. The van der Waals surface area contributed by atoms with E-state index in [2.05, 4.69) is 24.0 Å². The summed E-state index contributed by atoms with van der Waals surface area (Å²) in [5.41, 5.74) is 3.46. The van der Waals surface area contributed by atoms with Gasteiger partial charge in [0.25, 0.3) is 0 Å². The van der Waals surface area contributed by atoms with E-state index < -0.39 is 0 Å². The van der Waals surface area contributed by atoms with Gasteiger partial charge in [-0.2, -0.15) is 0 Å². The molecule has 0 saturated carbocycles. The Morgan fingerprint density at radius 2 is 2.31 bits per heavy atom. The first kappa shape index (κ1) is 11.4. The molecule has 0 aromatic heterocycles. The van der Waals surface area contributed by atoms with Crippen LogP contribution in [0.15, 0.2) is 18.2 Å². The molecule has 0 radical (unpaired) electrons. The number of methoxy groups -OCH3 is 1. The van der Waals surface area contributed by atoms with Crippen molar-refractivity contribution < 1.29 is 9.84 Å². The second-order valence-corrected chi connectivity index (χ2v) is 4.37. The zero-order chi connectivity index (χ0) is 11.5. The van der Waals surface area contributed by atoms with Crippen LogP contribution in [0.3, 0.4) is 0 Å². The van der Waals surface area contributed by atoms with E-state index in [1.165, 1.54) is 11.3 Å². The van der Waals surface area contributed by atoms with Gasteiger partial charge in [0, 0.05) is 25.9 Å². The van der Waals surface area contributed by atoms with Gasteiger partial charge < -0.3 is 14.7 Å². The molecule has 1 unspecified atom stereocenters. The van der Waals surface area contributed by atoms with Gasteiger partial charge in [-0.15, -0.1) is 0 Å². The van der Waals surface area contributed by atoms with Gasteiger partial charge in [-0.05, 0) is 30.5 Å². The number of rotatable bonds is 3. The van der Waals surface area contributed by atoms with E-state index in [1.54, 1.807) is 7.11 Å². The van der Waals surface area contributed by atoms with Crippen molar-refractivity contribution in [3.05, 3.63) is 29.3 Å². The van der Waals surface area contributed by atoms with Crippen LogP contribution in [0.5, 0.6) is 0 Å². The lowest BCUT2D eigenvalue weighted by atomic mass is 10.1. The van der Waals surface area contributed by atoms with Crippen LogP contribution in [0.4, 0.5) is 5.69 Å². The number of aliphatic hydroxyl groups excluding tert-OH is 1. The molecule has 0 bridgehead atoms. The molecule has 3 nitrogen and oxygen atoms in total. The first-order chi connectivity index (χ1) is 7.74. The topological polar surface area (TPSA) is 32.7 Å². The van der Waals surface area contributed by atoms with Gasteiger partial charge in [0.1, 0.15) is 0 Å². The van der Waals surface area contributed by atoms with Gasteiger partial charge in [0.05, 0.1) is 12.7 Å². The van der Waals surface area contributed by atoms with Crippen LogP contribution in [-0.2, 0) is 11.3 Å². The van der Waals surface area contributed by atoms with Crippen molar-refractivity contribution in [3.8, 4) is 0 Å². The number of nitrogens with zero attached hydrogens (tertiary/aromatic N) is 1. The molecular formula is C13H19NO2. The summed E-state index contributed by atoms with van der Waals surface area (Å²) in [7, 11) is 1.77. The Morgan fingerprint density at radius 3 is 2.88 bits per heavy atom. The first-order valence-corrected chi connectivity index (χ1v) is 5.72.